The van der Waals surface area contributed by atoms with Crippen LogP contribution in [0.3, 0.4) is 0 Å². The third-order valence-electron chi connectivity index (χ3n) is 8.17. The molecule has 2 aliphatic heterocycles. The van der Waals surface area contributed by atoms with Crippen molar-refractivity contribution in [3.8, 4) is 45.6 Å². The van der Waals surface area contributed by atoms with Gasteiger partial charge in [0.1, 0.15) is 32.4 Å². The number of H-pyrrole nitrogens is 2. The summed E-state index contributed by atoms with van der Waals surface area (Å²) >= 11 is 0. The lowest BCUT2D eigenvalue weighted by Crippen LogP contribution is -2.09. The van der Waals surface area contributed by atoms with Gasteiger partial charge in [-0.3, -0.25) is 9.11 Å². The zero-order chi connectivity index (χ0) is 32.9. The molecule has 0 saturated carbocycles. The van der Waals surface area contributed by atoms with Crippen LogP contribution in [0.15, 0.2) is 94.7 Å². The Kier molecular flexibility index (Phi) is 5.77. The summed E-state index contributed by atoms with van der Waals surface area (Å²) in [7, 11) is -10.4. The minimum absolute atomic E-state index is 0.0471. The molecule has 0 atom stereocenters. The molecule has 234 valence electrons. The number of rotatable bonds is 2. The summed E-state index contributed by atoms with van der Waals surface area (Å²) in [5, 5.41) is 1.33. The van der Waals surface area contributed by atoms with Gasteiger partial charge in [-0.05, 0) is 12.1 Å². The Hall–Kier alpha value is -5.94. The second-order valence-corrected chi connectivity index (χ2v) is 13.8. The highest BCUT2D eigenvalue weighted by Crippen LogP contribution is 2.39. The Bertz CT molecular complexity index is 2970. The van der Waals surface area contributed by atoms with E-state index in [1.165, 1.54) is 6.07 Å². The molecule has 5 heterocycles. The Morgan fingerprint density at radius 3 is 1.27 bits per heavy atom. The Labute approximate surface area is 269 Å². The van der Waals surface area contributed by atoms with Crippen molar-refractivity contribution in [1.82, 2.24) is 39.9 Å². The molecule has 0 saturated heterocycles. The van der Waals surface area contributed by atoms with Crippen molar-refractivity contribution in [3.05, 3.63) is 84.9 Å². The van der Waals surface area contributed by atoms with Gasteiger partial charge in [-0.2, -0.15) is 16.8 Å². The van der Waals surface area contributed by atoms with E-state index in [4.69, 9.17) is 24.9 Å². The van der Waals surface area contributed by atoms with Gasteiger partial charge in [0.05, 0.1) is 5.39 Å². The summed E-state index contributed by atoms with van der Waals surface area (Å²) in [6.45, 7) is 0. The lowest BCUT2D eigenvalue weighted by Gasteiger charge is -2.06. The molecule has 2 aliphatic rings. The van der Waals surface area contributed by atoms with Gasteiger partial charge in [0.15, 0.2) is 23.3 Å². The maximum absolute atomic E-state index is 12.8. The standard InChI is InChI=1S/C32H18N8O6S2/c41-47(42,43)22-14-13-21-23(24(22)48(44,45)46)32-39-30-20-12-6-5-11-19(20)28(37-30)35-26-16-8-2-1-7-15(16)25(33-26)34-27-17-9-3-4-10-18(17)29(36-27)38-31(21)40-32/h1-14H,(H,41,42,43)(H,44,45,46)(H2,33,34,35,36,37,38,39,40). The van der Waals surface area contributed by atoms with E-state index in [0.29, 0.717) is 45.2 Å². The quantitative estimate of drug-likeness (QED) is 0.170. The Morgan fingerprint density at radius 1 is 0.438 bits per heavy atom. The normalized spacial score (nSPS) is 12.7. The molecule has 14 nitrogen and oxygen atoms in total. The van der Waals surface area contributed by atoms with E-state index >= 15 is 0 Å². The number of nitrogens with zero attached hydrogens (tertiary/aromatic N) is 6. The van der Waals surface area contributed by atoms with Crippen molar-refractivity contribution in [1.29, 1.82) is 0 Å². The van der Waals surface area contributed by atoms with Gasteiger partial charge in [0.25, 0.3) is 20.2 Å². The molecule has 0 aliphatic carbocycles. The highest BCUT2D eigenvalue weighted by atomic mass is 32.2. The molecule has 3 aromatic heterocycles. The van der Waals surface area contributed by atoms with Crippen molar-refractivity contribution < 1.29 is 25.9 Å². The van der Waals surface area contributed by atoms with Crippen molar-refractivity contribution in [2.24, 2.45) is 0 Å². The third-order valence-corrected chi connectivity index (χ3v) is 10.1. The topological polar surface area (TPSA) is 218 Å². The molecular weight excluding hydrogens is 657 g/mol. The van der Waals surface area contributed by atoms with Crippen LogP contribution in [0.2, 0.25) is 0 Å². The van der Waals surface area contributed by atoms with Crippen LogP contribution >= 0.6 is 0 Å². The molecule has 9 rings (SSSR count). The van der Waals surface area contributed by atoms with E-state index in [9.17, 15) is 25.9 Å². The highest BCUT2D eigenvalue weighted by Gasteiger charge is 2.30. The SMILES string of the molecule is O=S(=O)(O)c1ccc2c3nc4nc(nc5[nH]c(nc6nc(nc([nH]3)c2c1S(=O)(=O)O)-c1ccccc1-6)c1ccccc51)-c1ccccc1-4. The van der Waals surface area contributed by atoms with E-state index in [0.717, 1.165) is 16.8 Å². The first kappa shape index (κ1) is 28.3. The molecule has 0 radical (unpaired) electrons. The molecule has 0 amide bonds. The summed E-state index contributed by atoms with van der Waals surface area (Å²) < 4.78 is 70.7. The Morgan fingerprint density at radius 2 is 0.833 bits per heavy atom. The van der Waals surface area contributed by atoms with Crippen LogP contribution in [0.4, 0.5) is 0 Å². The van der Waals surface area contributed by atoms with E-state index in [-0.39, 0.29) is 33.7 Å². The van der Waals surface area contributed by atoms with Crippen LogP contribution in [0.1, 0.15) is 0 Å². The predicted octanol–water partition coefficient (Wildman–Crippen LogP) is 5.36. The zero-order valence-corrected chi connectivity index (χ0v) is 25.7. The van der Waals surface area contributed by atoms with E-state index < -0.39 is 30.0 Å². The lowest BCUT2D eigenvalue weighted by molar-refractivity contribution is 0.468. The van der Waals surface area contributed by atoms with Crippen molar-refractivity contribution in [2.75, 3.05) is 0 Å². The van der Waals surface area contributed by atoms with Crippen molar-refractivity contribution in [2.45, 2.75) is 9.79 Å². The van der Waals surface area contributed by atoms with Gasteiger partial charge in [-0.15, -0.1) is 0 Å². The zero-order valence-electron chi connectivity index (χ0n) is 24.1. The molecule has 8 bridgehead atoms. The molecule has 16 heteroatoms. The first-order valence-corrected chi connectivity index (χ1v) is 17.1. The minimum atomic E-state index is -5.27. The summed E-state index contributed by atoms with van der Waals surface area (Å²) in [6.07, 6.45) is 0. The van der Waals surface area contributed by atoms with E-state index in [2.05, 4.69) is 15.0 Å². The fourth-order valence-electron chi connectivity index (χ4n) is 6.14. The van der Waals surface area contributed by atoms with Gasteiger partial charge in [-0.1, -0.05) is 72.8 Å². The number of aromatic amines is 2. The molecule has 0 spiro atoms. The molecule has 4 aromatic carbocycles. The number of fused-ring (bicyclic) bond motifs is 20. The largest absolute Gasteiger partial charge is 0.324 e. The minimum Gasteiger partial charge on any atom is -0.324 e. The molecule has 0 unspecified atom stereocenters. The predicted molar refractivity (Wildman–Crippen MR) is 176 cm³/mol. The average molecular weight is 675 g/mol. The fraction of sp³-hybridized carbons (Fsp3) is 0. The number of nitrogens with one attached hydrogen (secondary N) is 2. The molecule has 48 heavy (non-hydrogen) atoms. The lowest BCUT2D eigenvalue weighted by atomic mass is 10.1. The average Bonchev–Trinajstić information content (AvgIpc) is 3.79. The third kappa shape index (κ3) is 4.24. The van der Waals surface area contributed by atoms with Gasteiger partial charge < -0.3 is 9.97 Å². The number of hydrogen-bond donors (Lipinski definition) is 4. The van der Waals surface area contributed by atoms with Crippen LogP contribution in [-0.2, 0) is 20.2 Å². The van der Waals surface area contributed by atoms with Crippen LogP contribution in [-0.4, -0.2) is 65.8 Å². The van der Waals surface area contributed by atoms with Gasteiger partial charge in [0, 0.05) is 38.4 Å². The van der Waals surface area contributed by atoms with E-state index in [1.807, 2.05) is 48.5 Å². The van der Waals surface area contributed by atoms with Crippen LogP contribution in [0.25, 0.3) is 89.7 Å². The summed E-state index contributed by atoms with van der Waals surface area (Å²) in [4.78, 5) is 32.8. The smallest absolute Gasteiger partial charge is 0.296 e. The molecular formula is C32H18N8O6S2. The molecule has 7 aromatic rings. The van der Waals surface area contributed by atoms with Gasteiger partial charge in [-0.25, -0.2) is 29.9 Å². The second kappa shape index (κ2) is 9.79. The van der Waals surface area contributed by atoms with Gasteiger partial charge in [0.2, 0.25) is 0 Å². The van der Waals surface area contributed by atoms with Gasteiger partial charge >= 0.3 is 0 Å². The second-order valence-electron chi connectivity index (χ2n) is 11.0. The maximum Gasteiger partial charge on any atom is 0.296 e. The van der Waals surface area contributed by atoms with Crippen LogP contribution < -0.4 is 0 Å². The number of aromatic nitrogens is 8. The molecule has 4 N–H and O–H groups in total. The van der Waals surface area contributed by atoms with Crippen molar-refractivity contribution >= 4 is 64.4 Å². The number of benzene rings is 4. The summed E-state index contributed by atoms with van der Waals surface area (Å²) in [6, 6.07) is 24.2. The monoisotopic (exact) mass is 674 g/mol. The number of hydrogen-bond acceptors (Lipinski definition) is 10. The maximum atomic E-state index is 12.8. The summed E-state index contributed by atoms with van der Waals surface area (Å²) in [5.74, 6) is 0.980. The summed E-state index contributed by atoms with van der Waals surface area (Å²) in [5.41, 5.74) is 3.32. The highest BCUT2D eigenvalue weighted by molar-refractivity contribution is 7.89. The van der Waals surface area contributed by atoms with Crippen LogP contribution in [0, 0.1) is 0 Å². The van der Waals surface area contributed by atoms with E-state index in [1.54, 1.807) is 24.3 Å². The first-order valence-electron chi connectivity index (χ1n) is 14.3. The Balaban J connectivity index is 1.55. The first-order chi connectivity index (χ1) is 23.0. The fourth-order valence-corrected chi connectivity index (χ4v) is 8.14. The van der Waals surface area contributed by atoms with Crippen molar-refractivity contribution in [3.63, 3.8) is 0 Å². The van der Waals surface area contributed by atoms with Crippen LogP contribution in [0.5, 0.6) is 0 Å². The molecule has 0 fully saturated rings.